The summed E-state index contributed by atoms with van der Waals surface area (Å²) in [6, 6.07) is 15.8. The zero-order chi connectivity index (χ0) is 25.4. The summed E-state index contributed by atoms with van der Waals surface area (Å²) in [7, 11) is 5.69. The maximum Gasteiger partial charge on any atom is 0.343 e. The third-order valence-electron chi connectivity index (χ3n) is 5.01. The number of hydrogen-bond acceptors (Lipinski definition) is 8. The van der Waals surface area contributed by atoms with Gasteiger partial charge in [-0.3, -0.25) is 4.79 Å². The van der Waals surface area contributed by atoms with Crippen molar-refractivity contribution in [3.8, 4) is 23.0 Å². The molecule has 0 heterocycles. The van der Waals surface area contributed by atoms with Crippen LogP contribution in [-0.4, -0.2) is 46.2 Å². The Morgan fingerprint density at radius 1 is 0.657 bits per heavy atom. The predicted molar refractivity (Wildman–Crippen MR) is 129 cm³/mol. The lowest BCUT2D eigenvalue weighted by Crippen LogP contribution is -2.10. The molecule has 0 N–H and O–H groups in total. The summed E-state index contributed by atoms with van der Waals surface area (Å²) in [6.45, 7) is 0. The molecule has 3 aromatic carbocycles. The Kier molecular flexibility index (Phi) is 8.24. The average molecular weight is 476 g/mol. The van der Waals surface area contributed by atoms with Crippen LogP contribution in [0.3, 0.4) is 0 Å². The Morgan fingerprint density at radius 2 is 1.23 bits per heavy atom. The second-order valence-electron chi connectivity index (χ2n) is 7.14. The van der Waals surface area contributed by atoms with Crippen molar-refractivity contribution in [1.29, 1.82) is 0 Å². The summed E-state index contributed by atoms with van der Waals surface area (Å²) in [6.07, 6.45) is 3.06. The molecule has 0 saturated carbocycles. The molecule has 0 bridgehead atoms. The van der Waals surface area contributed by atoms with Gasteiger partial charge >= 0.3 is 11.9 Å². The van der Waals surface area contributed by atoms with Gasteiger partial charge in [-0.25, -0.2) is 9.59 Å². The smallest absolute Gasteiger partial charge is 0.343 e. The second-order valence-corrected chi connectivity index (χ2v) is 7.14. The first-order valence-electron chi connectivity index (χ1n) is 10.4. The number of carbonyl (C=O) groups is 3. The Bertz CT molecular complexity index is 1220. The second kappa shape index (κ2) is 11.5. The molecule has 0 aliphatic rings. The molecule has 0 amide bonds. The van der Waals surface area contributed by atoms with Crippen molar-refractivity contribution in [2.24, 2.45) is 0 Å². The third-order valence-corrected chi connectivity index (χ3v) is 5.01. The van der Waals surface area contributed by atoms with Crippen molar-refractivity contribution in [3.63, 3.8) is 0 Å². The van der Waals surface area contributed by atoms with E-state index in [4.69, 9.17) is 18.9 Å². The molecule has 0 aromatic heterocycles. The molecular formula is C27H24O8. The molecule has 3 aromatic rings. The normalized spacial score (nSPS) is 10.5. The number of rotatable bonds is 9. The molecule has 0 fully saturated rings. The van der Waals surface area contributed by atoms with Crippen LogP contribution in [0.25, 0.3) is 6.08 Å². The molecule has 8 nitrogen and oxygen atoms in total. The minimum atomic E-state index is -0.626. The Balaban J connectivity index is 1.68. The van der Waals surface area contributed by atoms with Gasteiger partial charge in [0.2, 0.25) is 5.75 Å². The summed E-state index contributed by atoms with van der Waals surface area (Å²) in [5, 5.41) is 0. The van der Waals surface area contributed by atoms with Gasteiger partial charge in [0.15, 0.2) is 17.3 Å². The van der Waals surface area contributed by atoms with E-state index in [0.717, 1.165) is 5.56 Å². The number of esters is 2. The summed E-state index contributed by atoms with van der Waals surface area (Å²) in [5.74, 6) is -0.00617. The number of allylic oxidation sites excluding steroid dienone is 1. The highest BCUT2D eigenvalue weighted by Gasteiger charge is 2.18. The predicted octanol–water partition coefficient (Wildman–Crippen LogP) is 4.61. The number of benzene rings is 3. The Morgan fingerprint density at radius 3 is 1.74 bits per heavy atom. The van der Waals surface area contributed by atoms with Gasteiger partial charge in [-0.1, -0.05) is 18.2 Å². The van der Waals surface area contributed by atoms with E-state index in [0.29, 0.717) is 28.4 Å². The molecule has 8 heteroatoms. The van der Waals surface area contributed by atoms with Crippen LogP contribution in [0.15, 0.2) is 66.7 Å². The lowest BCUT2D eigenvalue weighted by molar-refractivity contribution is 0.0600. The van der Waals surface area contributed by atoms with Gasteiger partial charge in [-0.2, -0.15) is 0 Å². The van der Waals surface area contributed by atoms with E-state index in [1.54, 1.807) is 42.5 Å². The first-order chi connectivity index (χ1) is 16.9. The van der Waals surface area contributed by atoms with E-state index in [2.05, 4.69) is 4.74 Å². The van der Waals surface area contributed by atoms with Crippen molar-refractivity contribution >= 4 is 23.8 Å². The van der Waals surface area contributed by atoms with E-state index in [-0.39, 0.29) is 17.1 Å². The van der Waals surface area contributed by atoms with Crippen LogP contribution in [0.4, 0.5) is 0 Å². The molecule has 35 heavy (non-hydrogen) atoms. The molecular weight excluding hydrogens is 452 g/mol. The van der Waals surface area contributed by atoms with Crippen LogP contribution < -0.4 is 18.9 Å². The van der Waals surface area contributed by atoms with Crippen LogP contribution in [0, 0.1) is 0 Å². The number of hydrogen-bond donors (Lipinski definition) is 0. The van der Waals surface area contributed by atoms with Crippen molar-refractivity contribution < 1.29 is 38.1 Å². The third kappa shape index (κ3) is 6.05. The molecule has 180 valence electrons. The quantitative estimate of drug-likeness (QED) is 0.191. The van der Waals surface area contributed by atoms with Crippen LogP contribution in [-0.2, 0) is 4.74 Å². The van der Waals surface area contributed by atoms with Crippen LogP contribution in [0.2, 0.25) is 0 Å². The van der Waals surface area contributed by atoms with Crippen LogP contribution in [0.1, 0.15) is 36.6 Å². The maximum absolute atomic E-state index is 12.6. The number of ketones is 1. The highest BCUT2D eigenvalue weighted by atomic mass is 16.5. The molecule has 3 rings (SSSR count). The molecule has 0 spiro atoms. The van der Waals surface area contributed by atoms with Crippen LogP contribution >= 0.6 is 0 Å². The van der Waals surface area contributed by atoms with Gasteiger partial charge in [-0.15, -0.1) is 0 Å². The zero-order valence-corrected chi connectivity index (χ0v) is 19.7. The fraction of sp³-hybridized carbons (Fsp3) is 0.148. The van der Waals surface area contributed by atoms with E-state index in [1.165, 1.54) is 58.8 Å². The van der Waals surface area contributed by atoms with Crippen molar-refractivity contribution in [2.75, 3.05) is 28.4 Å². The summed E-state index contributed by atoms with van der Waals surface area (Å²) >= 11 is 0. The minimum absolute atomic E-state index is 0.209. The minimum Gasteiger partial charge on any atom is -0.493 e. The van der Waals surface area contributed by atoms with E-state index in [9.17, 15) is 14.4 Å². The molecule has 0 saturated heterocycles. The van der Waals surface area contributed by atoms with E-state index >= 15 is 0 Å². The van der Waals surface area contributed by atoms with Crippen molar-refractivity contribution in [1.82, 2.24) is 0 Å². The fourth-order valence-corrected chi connectivity index (χ4v) is 3.17. The number of methoxy groups -OCH3 is 4. The van der Waals surface area contributed by atoms with E-state index in [1.807, 2.05) is 0 Å². The van der Waals surface area contributed by atoms with E-state index < -0.39 is 11.9 Å². The maximum atomic E-state index is 12.6. The Hall–Kier alpha value is -4.59. The standard InChI is InChI=1S/C27H24O8/c1-31-23-15-20(16-24(32-2)25(23)33-3)27(30)35-21-12-10-18(11-13-21)22(28)14-7-17-5-8-19(9-6-17)26(29)34-4/h5-16H,1-4H3. The summed E-state index contributed by atoms with van der Waals surface area (Å²) in [4.78, 5) is 36.6. The Labute approximate surface area is 202 Å². The lowest BCUT2D eigenvalue weighted by atomic mass is 10.1. The molecule has 0 aliphatic carbocycles. The SMILES string of the molecule is COC(=O)c1ccc(C=CC(=O)c2ccc(OC(=O)c3cc(OC)c(OC)c(OC)c3)cc2)cc1. The van der Waals surface area contributed by atoms with Gasteiger partial charge in [-0.05, 0) is 60.2 Å². The zero-order valence-electron chi connectivity index (χ0n) is 19.7. The average Bonchev–Trinajstić information content (AvgIpc) is 2.90. The molecule has 0 unspecified atom stereocenters. The summed E-state index contributed by atoms with van der Waals surface area (Å²) in [5.41, 5.74) is 1.80. The lowest BCUT2D eigenvalue weighted by Gasteiger charge is -2.13. The van der Waals surface area contributed by atoms with Crippen molar-refractivity contribution in [3.05, 3.63) is 89.0 Å². The van der Waals surface area contributed by atoms with Gasteiger partial charge < -0.3 is 23.7 Å². The first kappa shape index (κ1) is 25.0. The van der Waals surface area contributed by atoms with Crippen molar-refractivity contribution in [2.45, 2.75) is 0 Å². The fourth-order valence-electron chi connectivity index (χ4n) is 3.17. The summed E-state index contributed by atoms with van der Waals surface area (Å²) < 4.78 is 25.9. The monoisotopic (exact) mass is 476 g/mol. The molecule has 0 atom stereocenters. The van der Waals surface area contributed by atoms with Gasteiger partial charge in [0.05, 0.1) is 39.6 Å². The number of carbonyl (C=O) groups excluding carboxylic acids is 3. The highest BCUT2D eigenvalue weighted by Crippen LogP contribution is 2.38. The van der Waals surface area contributed by atoms with Gasteiger partial charge in [0.1, 0.15) is 5.75 Å². The number of ether oxygens (including phenoxy) is 5. The molecule has 0 radical (unpaired) electrons. The topological polar surface area (TPSA) is 97.4 Å². The van der Waals surface area contributed by atoms with Gasteiger partial charge in [0.25, 0.3) is 0 Å². The first-order valence-corrected chi connectivity index (χ1v) is 10.4. The highest BCUT2D eigenvalue weighted by molar-refractivity contribution is 6.07. The molecule has 0 aliphatic heterocycles. The van der Waals surface area contributed by atoms with Crippen LogP contribution in [0.5, 0.6) is 23.0 Å². The largest absolute Gasteiger partial charge is 0.493 e. The van der Waals surface area contributed by atoms with Gasteiger partial charge in [0, 0.05) is 5.56 Å².